The number of aromatic hydroxyl groups is 2. The van der Waals surface area contributed by atoms with Crippen molar-refractivity contribution in [1.82, 2.24) is 40.8 Å². The second kappa shape index (κ2) is 21.9. The van der Waals surface area contributed by atoms with Crippen LogP contribution in [0.3, 0.4) is 0 Å². The van der Waals surface area contributed by atoms with Crippen LogP contribution in [0.25, 0.3) is 0 Å². The summed E-state index contributed by atoms with van der Waals surface area (Å²) in [6, 6.07) is 18.0. The molecule has 3 atom stereocenters. The largest absolute Gasteiger partial charge is 0.508 e. The van der Waals surface area contributed by atoms with Gasteiger partial charge in [-0.3, -0.25) is 9.97 Å². The van der Waals surface area contributed by atoms with Crippen LogP contribution in [0, 0.1) is 17.6 Å². The number of nitrogens with one attached hydrogen (secondary N) is 6. The number of halogens is 2. The van der Waals surface area contributed by atoms with Gasteiger partial charge in [-0.1, -0.05) is 0 Å². The summed E-state index contributed by atoms with van der Waals surface area (Å²) in [4.78, 5) is 29.6. The summed E-state index contributed by atoms with van der Waals surface area (Å²) >= 11 is 0. The molecule has 0 saturated carbocycles. The highest BCUT2D eigenvalue weighted by atomic mass is 19.1. The zero-order valence-corrected chi connectivity index (χ0v) is 39.3. The number of ether oxygens (including phenoxy) is 2. The predicted molar refractivity (Wildman–Crippen MR) is 271 cm³/mol. The second-order valence-corrected chi connectivity index (χ2v) is 17.7. The standard InChI is InChI=1S/C48H54F2N18O4/c1-30-6-7-57-68(30)39-16-37(18-42(70)20-39)60-35-5-3-33(52-23-35)25-56-64-48-54-27-44(50)46(62-48)66-10-13-72-29-40(66)14-31-21-58-67(28-31)38-15-36(17-41(69)19-38)59-34-4-2-32(51-22-34)24-55-63-47-53-26-43(49)45(61-47)65-8-11-71-12-9-65/h2-5,15-20,22-27,30-31,40,57-60,69-70H,6-14,21,28-29H2,1H3,(H,53,61,63)(H,54,62,64)/b55-24+,56-25+. The number of nitrogens with zero attached hydrogens (tertiary/aromatic N) is 12. The predicted octanol–water partition coefficient (Wildman–Crippen LogP) is 5.30. The molecule has 72 heavy (non-hydrogen) atoms. The van der Waals surface area contributed by atoms with Gasteiger partial charge in [0.25, 0.3) is 0 Å². The van der Waals surface area contributed by atoms with Crippen LogP contribution in [0.1, 0.15) is 31.2 Å². The van der Waals surface area contributed by atoms with E-state index in [0.717, 1.165) is 48.1 Å². The van der Waals surface area contributed by atoms with Crippen LogP contribution in [0.2, 0.25) is 0 Å². The van der Waals surface area contributed by atoms with E-state index in [-0.39, 0.29) is 47.0 Å². The fraction of sp³-hybridized carbons (Fsp3) is 0.333. The van der Waals surface area contributed by atoms with E-state index >= 15 is 4.39 Å². The number of hydrazine groups is 2. The minimum atomic E-state index is -0.553. The first-order chi connectivity index (χ1) is 35.1. The van der Waals surface area contributed by atoms with Crippen molar-refractivity contribution in [2.45, 2.75) is 31.8 Å². The monoisotopic (exact) mass is 984 g/mol. The summed E-state index contributed by atoms with van der Waals surface area (Å²) in [6.45, 7) is 7.60. The molecule has 8 heterocycles. The van der Waals surface area contributed by atoms with Gasteiger partial charge < -0.3 is 50.1 Å². The molecular formula is C48H54F2N18O4. The molecule has 4 fully saturated rings. The van der Waals surface area contributed by atoms with Gasteiger partial charge in [0.15, 0.2) is 23.3 Å². The molecule has 4 aliphatic rings. The molecule has 10 rings (SSSR count). The zero-order valence-electron chi connectivity index (χ0n) is 39.3. The lowest BCUT2D eigenvalue weighted by Gasteiger charge is -2.37. The van der Waals surface area contributed by atoms with Crippen LogP contribution in [0.15, 0.2) is 95.7 Å². The van der Waals surface area contributed by atoms with E-state index in [1.54, 1.807) is 53.7 Å². The van der Waals surface area contributed by atoms with Gasteiger partial charge in [0, 0.05) is 81.0 Å². The third-order valence-corrected chi connectivity index (χ3v) is 12.4. The van der Waals surface area contributed by atoms with E-state index in [0.29, 0.717) is 94.4 Å². The van der Waals surface area contributed by atoms with Crippen molar-refractivity contribution >= 4 is 70.1 Å². The quantitative estimate of drug-likeness (QED) is 0.0453. The maximum Gasteiger partial charge on any atom is 0.245 e. The first-order valence-corrected chi connectivity index (χ1v) is 23.6. The van der Waals surface area contributed by atoms with E-state index in [2.05, 4.69) is 84.4 Å². The highest BCUT2D eigenvalue weighted by molar-refractivity contribution is 5.79. The molecule has 0 spiro atoms. The Balaban J connectivity index is 0.715. The average Bonchev–Trinajstić information content (AvgIpc) is 4.05. The van der Waals surface area contributed by atoms with Crippen molar-refractivity contribution in [3.05, 3.63) is 108 Å². The van der Waals surface area contributed by atoms with Gasteiger partial charge in [0.2, 0.25) is 11.9 Å². The van der Waals surface area contributed by atoms with Gasteiger partial charge in [0.05, 0.1) is 104 Å². The van der Waals surface area contributed by atoms with Crippen molar-refractivity contribution in [2.75, 3.05) is 107 Å². The Labute approximate surface area is 413 Å². The fourth-order valence-electron chi connectivity index (χ4n) is 8.93. The molecule has 0 bridgehead atoms. The van der Waals surface area contributed by atoms with Gasteiger partial charge >= 0.3 is 0 Å². The number of hydrogen-bond donors (Lipinski definition) is 8. The first-order valence-electron chi connectivity index (χ1n) is 23.6. The van der Waals surface area contributed by atoms with E-state index in [4.69, 9.17) is 9.47 Å². The fourth-order valence-corrected chi connectivity index (χ4v) is 8.93. The van der Waals surface area contributed by atoms with Gasteiger partial charge in [-0.05, 0) is 62.1 Å². The van der Waals surface area contributed by atoms with Crippen LogP contribution in [-0.2, 0) is 9.47 Å². The number of hydrogen-bond acceptors (Lipinski definition) is 22. The Morgan fingerprint density at radius 3 is 1.94 bits per heavy atom. The van der Waals surface area contributed by atoms with Crippen molar-refractivity contribution in [3.8, 4) is 11.5 Å². The number of rotatable bonds is 16. The maximum absolute atomic E-state index is 15.5. The highest BCUT2D eigenvalue weighted by Crippen LogP contribution is 2.33. The van der Waals surface area contributed by atoms with Crippen LogP contribution < -0.4 is 52.2 Å². The Morgan fingerprint density at radius 1 is 0.708 bits per heavy atom. The molecule has 4 saturated heterocycles. The minimum absolute atomic E-state index is 0.0784. The van der Waals surface area contributed by atoms with Crippen molar-refractivity contribution < 1.29 is 28.5 Å². The van der Waals surface area contributed by atoms with E-state index in [9.17, 15) is 14.6 Å². The highest BCUT2D eigenvalue weighted by Gasteiger charge is 2.33. The zero-order chi connectivity index (χ0) is 49.4. The Kier molecular flexibility index (Phi) is 14.5. The molecule has 2 aromatic carbocycles. The molecule has 6 aromatic rings. The van der Waals surface area contributed by atoms with E-state index in [1.165, 1.54) is 12.4 Å². The molecule has 0 radical (unpaired) electrons. The summed E-state index contributed by atoms with van der Waals surface area (Å²) in [5.74, 6) is -0.0525. The van der Waals surface area contributed by atoms with Crippen LogP contribution >= 0.6 is 0 Å². The van der Waals surface area contributed by atoms with E-state index in [1.807, 2.05) is 34.2 Å². The second-order valence-electron chi connectivity index (χ2n) is 17.7. The Morgan fingerprint density at radius 2 is 1.32 bits per heavy atom. The smallest absolute Gasteiger partial charge is 0.245 e. The first kappa shape index (κ1) is 47.6. The molecule has 0 amide bonds. The average molecular weight is 985 g/mol. The molecule has 8 N–H and O–H groups in total. The summed E-state index contributed by atoms with van der Waals surface area (Å²) < 4.78 is 41.2. The Hall–Kier alpha value is -8.06. The Bertz CT molecular complexity index is 2880. The number of pyridine rings is 2. The summed E-state index contributed by atoms with van der Waals surface area (Å²) in [5, 5.41) is 40.2. The third kappa shape index (κ3) is 11.7. The lowest BCUT2D eigenvalue weighted by molar-refractivity contribution is 0.0867. The van der Waals surface area contributed by atoms with Crippen LogP contribution in [-0.4, -0.2) is 130 Å². The van der Waals surface area contributed by atoms with Crippen LogP contribution in [0.5, 0.6) is 11.5 Å². The van der Waals surface area contributed by atoms with E-state index < -0.39 is 11.6 Å². The normalized spacial score (nSPS) is 19.4. The molecule has 374 valence electrons. The number of phenols is 2. The van der Waals surface area contributed by atoms with Crippen LogP contribution in [0.4, 0.5) is 66.4 Å². The number of phenolic OH excluding ortho intramolecular Hbond substituents is 2. The molecule has 4 aliphatic heterocycles. The molecule has 0 aliphatic carbocycles. The summed E-state index contributed by atoms with van der Waals surface area (Å²) in [7, 11) is 0. The SMILES string of the molecule is CC1CCNN1c1cc(O)cc(Nc2ccc(/C=N/Nc3ncc(F)c(N4CCOCC4CC4CNN(c5cc(O)cc(Nc6ccc(/C=N/Nc7ncc(F)c(N8CCOCC8)n7)nc6)c5)C4)n3)nc2)c1. The molecule has 4 aromatic heterocycles. The molecule has 22 nitrogen and oxygen atoms in total. The molecular weight excluding hydrogens is 931 g/mol. The number of anilines is 10. The topological polar surface area (TPSA) is 246 Å². The number of hydrazone groups is 2. The molecule has 3 unspecified atom stereocenters. The summed E-state index contributed by atoms with van der Waals surface area (Å²) in [6.07, 6.45) is 10.3. The van der Waals surface area contributed by atoms with Gasteiger partial charge in [0.1, 0.15) is 11.5 Å². The van der Waals surface area contributed by atoms with Crippen molar-refractivity contribution in [1.29, 1.82) is 0 Å². The lowest BCUT2D eigenvalue weighted by atomic mass is 9.99. The maximum atomic E-state index is 15.5. The number of morpholine rings is 2. The summed E-state index contributed by atoms with van der Waals surface area (Å²) in [5.41, 5.74) is 17.9. The van der Waals surface area contributed by atoms with Gasteiger partial charge in [-0.2, -0.15) is 20.2 Å². The number of aromatic nitrogens is 6. The van der Waals surface area contributed by atoms with Crippen molar-refractivity contribution in [3.63, 3.8) is 0 Å². The lowest BCUT2D eigenvalue weighted by Crippen LogP contribution is -2.47. The number of benzene rings is 2. The third-order valence-electron chi connectivity index (χ3n) is 12.4. The van der Waals surface area contributed by atoms with Crippen molar-refractivity contribution in [2.24, 2.45) is 16.1 Å². The van der Waals surface area contributed by atoms with Gasteiger partial charge in [-0.15, -0.1) is 0 Å². The van der Waals surface area contributed by atoms with Gasteiger partial charge in [-0.25, -0.2) is 40.5 Å². The minimum Gasteiger partial charge on any atom is -0.508 e. The molecule has 24 heteroatoms.